The van der Waals surface area contributed by atoms with Gasteiger partial charge in [-0.3, -0.25) is 0 Å². The van der Waals surface area contributed by atoms with Crippen LogP contribution in [0, 0.1) is 0 Å². The molecule has 3 nitrogen and oxygen atoms in total. The molecular weight excluding hydrogens is 691 g/mol. The van der Waals surface area contributed by atoms with Gasteiger partial charge in [0.25, 0.3) is 0 Å². The van der Waals surface area contributed by atoms with E-state index in [1.165, 1.54) is 44.2 Å². The Morgan fingerprint density at radius 1 is 0.281 bits per heavy atom. The molecule has 1 atom stereocenters. The maximum absolute atomic E-state index is 5.22. The zero-order valence-corrected chi connectivity index (χ0v) is 31.0. The summed E-state index contributed by atoms with van der Waals surface area (Å²) in [6.45, 7) is 0. The summed E-state index contributed by atoms with van der Waals surface area (Å²) in [5, 5.41) is 4.75. The molecule has 0 saturated heterocycles. The van der Waals surface area contributed by atoms with Crippen molar-refractivity contribution in [1.29, 1.82) is 0 Å². The van der Waals surface area contributed by atoms with Crippen LogP contribution in [0.1, 0.15) is 22.3 Å². The van der Waals surface area contributed by atoms with Crippen LogP contribution < -0.4 is 0 Å². The van der Waals surface area contributed by atoms with E-state index in [2.05, 4.69) is 176 Å². The molecule has 1 aromatic heterocycles. The normalized spacial score (nSPS) is 14.4. The van der Waals surface area contributed by atoms with Gasteiger partial charge >= 0.3 is 0 Å². The molecule has 1 aliphatic carbocycles. The topological polar surface area (TPSA) is 38.7 Å². The summed E-state index contributed by atoms with van der Waals surface area (Å²) in [7, 11) is 0. The molecule has 0 amide bonds. The van der Waals surface area contributed by atoms with E-state index in [4.69, 9.17) is 15.0 Å². The standard InChI is InChI=1S/C54H35N3/c1-4-18-39(19-5-1)51-55-52(40-20-6-2-7-21-40)57-53(56-51)50-44-25-13-11-16-36(44)30-34-45(50)38-28-32-42(33-29-38)54(41-22-8-3-9-23-41)47-27-15-14-26-46(47)49-43-24-12-10-17-37(43)31-35-48(49)54/h1-35H. The van der Waals surface area contributed by atoms with Crippen molar-refractivity contribution in [2.24, 2.45) is 0 Å². The fourth-order valence-corrected chi connectivity index (χ4v) is 9.10. The van der Waals surface area contributed by atoms with E-state index in [1.54, 1.807) is 0 Å². The van der Waals surface area contributed by atoms with E-state index in [0.717, 1.165) is 38.6 Å². The lowest BCUT2D eigenvalue weighted by molar-refractivity contribution is 0.769. The third-order valence-corrected chi connectivity index (χ3v) is 11.6. The third kappa shape index (κ3) is 5.24. The average Bonchev–Trinajstić information content (AvgIpc) is 3.61. The van der Waals surface area contributed by atoms with Crippen LogP contribution in [0.3, 0.4) is 0 Å². The molecule has 0 fully saturated rings. The van der Waals surface area contributed by atoms with Gasteiger partial charge in [-0.05, 0) is 66.1 Å². The molecule has 0 N–H and O–H groups in total. The van der Waals surface area contributed by atoms with Gasteiger partial charge in [-0.1, -0.05) is 212 Å². The lowest BCUT2D eigenvalue weighted by Crippen LogP contribution is -2.28. The van der Waals surface area contributed by atoms with Crippen LogP contribution in [0.2, 0.25) is 0 Å². The SMILES string of the molecule is c1ccc(-c2nc(-c3ccccc3)nc(-c3c(-c4ccc(C5(c6ccccc6)c6ccccc6-c6c5ccc5ccccc65)cc4)ccc4ccccc34)n2)cc1. The minimum atomic E-state index is -0.509. The second kappa shape index (κ2) is 13.4. The van der Waals surface area contributed by atoms with Gasteiger partial charge in [0.15, 0.2) is 17.5 Å². The van der Waals surface area contributed by atoms with Crippen LogP contribution in [-0.4, -0.2) is 15.0 Å². The predicted molar refractivity (Wildman–Crippen MR) is 234 cm³/mol. The van der Waals surface area contributed by atoms with Crippen molar-refractivity contribution in [3.05, 3.63) is 235 Å². The Balaban J connectivity index is 1.14. The molecule has 0 aliphatic heterocycles. The van der Waals surface area contributed by atoms with Gasteiger partial charge in [0, 0.05) is 16.7 Å². The second-order valence-electron chi connectivity index (χ2n) is 14.7. The van der Waals surface area contributed by atoms with Crippen LogP contribution in [-0.2, 0) is 5.41 Å². The highest BCUT2D eigenvalue weighted by molar-refractivity contribution is 6.05. The van der Waals surface area contributed by atoms with Crippen molar-refractivity contribution in [3.8, 4) is 56.4 Å². The first-order valence-corrected chi connectivity index (χ1v) is 19.4. The molecule has 266 valence electrons. The number of aromatic nitrogens is 3. The summed E-state index contributed by atoms with van der Waals surface area (Å²) in [6, 6.07) is 75.9. The Kier molecular flexibility index (Phi) is 7.71. The number of hydrogen-bond acceptors (Lipinski definition) is 3. The fraction of sp³-hybridized carbons (Fsp3) is 0.0185. The van der Waals surface area contributed by atoms with Crippen molar-refractivity contribution in [3.63, 3.8) is 0 Å². The Labute approximate surface area is 331 Å². The third-order valence-electron chi connectivity index (χ3n) is 11.6. The van der Waals surface area contributed by atoms with Crippen molar-refractivity contribution in [2.75, 3.05) is 0 Å². The van der Waals surface area contributed by atoms with E-state index >= 15 is 0 Å². The van der Waals surface area contributed by atoms with Gasteiger partial charge in [-0.25, -0.2) is 15.0 Å². The molecule has 0 bridgehead atoms. The van der Waals surface area contributed by atoms with Crippen molar-refractivity contribution >= 4 is 21.5 Å². The van der Waals surface area contributed by atoms with Crippen LogP contribution >= 0.6 is 0 Å². The minimum absolute atomic E-state index is 0.509. The van der Waals surface area contributed by atoms with Crippen LogP contribution in [0.25, 0.3) is 78.0 Å². The zero-order chi connectivity index (χ0) is 37.8. The molecule has 0 spiro atoms. The summed E-state index contributed by atoms with van der Waals surface area (Å²) < 4.78 is 0. The highest BCUT2D eigenvalue weighted by atomic mass is 15.0. The number of hydrogen-bond donors (Lipinski definition) is 0. The summed E-state index contributed by atoms with van der Waals surface area (Å²) in [5.74, 6) is 1.93. The molecule has 11 rings (SSSR count). The first-order valence-electron chi connectivity index (χ1n) is 19.4. The van der Waals surface area contributed by atoms with Crippen molar-refractivity contribution in [2.45, 2.75) is 5.41 Å². The number of fused-ring (bicyclic) bond motifs is 6. The summed E-state index contributed by atoms with van der Waals surface area (Å²) in [5.41, 5.74) is 12.2. The Bertz CT molecular complexity index is 3050. The highest BCUT2D eigenvalue weighted by Gasteiger charge is 2.46. The van der Waals surface area contributed by atoms with Gasteiger partial charge in [-0.15, -0.1) is 0 Å². The molecule has 57 heavy (non-hydrogen) atoms. The Morgan fingerprint density at radius 3 is 1.42 bits per heavy atom. The van der Waals surface area contributed by atoms with Gasteiger partial charge in [-0.2, -0.15) is 0 Å². The first-order chi connectivity index (χ1) is 28.3. The molecule has 1 aliphatic rings. The largest absolute Gasteiger partial charge is 0.208 e. The van der Waals surface area contributed by atoms with Crippen molar-refractivity contribution in [1.82, 2.24) is 15.0 Å². The van der Waals surface area contributed by atoms with Gasteiger partial charge in [0.2, 0.25) is 0 Å². The maximum Gasteiger partial charge on any atom is 0.165 e. The van der Waals surface area contributed by atoms with Gasteiger partial charge < -0.3 is 0 Å². The summed E-state index contributed by atoms with van der Waals surface area (Å²) in [4.78, 5) is 15.4. The molecule has 9 aromatic carbocycles. The quantitative estimate of drug-likeness (QED) is 0.171. The number of rotatable bonds is 6. The smallest absolute Gasteiger partial charge is 0.165 e. The van der Waals surface area contributed by atoms with Crippen molar-refractivity contribution < 1.29 is 0 Å². The molecule has 0 saturated carbocycles. The fourth-order valence-electron chi connectivity index (χ4n) is 9.10. The Hall–Kier alpha value is -7.49. The van der Waals surface area contributed by atoms with Crippen LogP contribution in [0.15, 0.2) is 212 Å². The second-order valence-corrected chi connectivity index (χ2v) is 14.7. The van der Waals surface area contributed by atoms with Gasteiger partial charge in [0.1, 0.15) is 0 Å². The van der Waals surface area contributed by atoms with Gasteiger partial charge in [0.05, 0.1) is 5.41 Å². The molecular formula is C54H35N3. The van der Waals surface area contributed by atoms with E-state index < -0.39 is 5.41 Å². The van der Waals surface area contributed by atoms with Crippen LogP contribution in [0.5, 0.6) is 0 Å². The van der Waals surface area contributed by atoms with E-state index in [0.29, 0.717) is 17.5 Å². The lowest BCUT2D eigenvalue weighted by atomic mass is 9.67. The summed E-state index contributed by atoms with van der Waals surface area (Å²) >= 11 is 0. The molecule has 10 aromatic rings. The zero-order valence-electron chi connectivity index (χ0n) is 31.0. The molecule has 3 heteroatoms. The monoisotopic (exact) mass is 725 g/mol. The number of benzene rings is 9. The Morgan fingerprint density at radius 2 is 0.772 bits per heavy atom. The van der Waals surface area contributed by atoms with E-state index in [9.17, 15) is 0 Å². The summed E-state index contributed by atoms with van der Waals surface area (Å²) in [6.07, 6.45) is 0. The minimum Gasteiger partial charge on any atom is -0.208 e. The highest BCUT2D eigenvalue weighted by Crippen LogP contribution is 2.58. The predicted octanol–water partition coefficient (Wildman–Crippen LogP) is 13.2. The number of nitrogens with zero attached hydrogens (tertiary/aromatic N) is 3. The molecule has 1 unspecified atom stereocenters. The van der Waals surface area contributed by atoms with E-state index in [-0.39, 0.29) is 0 Å². The first kappa shape index (κ1) is 32.9. The molecule has 0 radical (unpaired) electrons. The van der Waals surface area contributed by atoms with E-state index in [1.807, 2.05) is 36.4 Å². The van der Waals surface area contributed by atoms with Crippen LogP contribution in [0.4, 0.5) is 0 Å². The lowest BCUT2D eigenvalue weighted by Gasteiger charge is -2.34. The molecule has 1 heterocycles. The maximum atomic E-state index is 5.22. The average molecular weight is 726 g/mol.